The SMILES string of the molecule is CNC(=O)c1nc(NC(=O)c2nsc3ccc(Cl)cc23)c2n1CC(=O)NC2c1cc(F)ccc1Cl. The summed E-state index contributed by atoms with van der Waals surface area (Å²) in [7, 11) is 1.41. The van der Waals surface area contributed by atoms with Gasteiger partial charge in [0.25, 0.3) is 11.8 Å². The number of anilines is 1. The lowest BCUT2D eigenvalue weighted by Crippen LogP contribution is -2.41. The molecule has 35 heavy (non-hydrogen) atoms. The Hall–Kier alpha value is -3.54. The summed E-state index contributed by atoms with van der Waals surface area (Å²) in [4.78, 5) is 42.6. The summed E-state index contributed by atoms with van der Waals surface area (Å²) in [6.45, 7) is -0.236. The lowest BCUT2D eigenvalue weighted by atomic mass is 10.0. The van der Waals surface area contributed by atoms with Crippen LogP contribution in [0.25, 0.3) is 10.1 Å². The predicted molar refractivity (Wildman–Crippen MR) is 130 cm³/mol. The van der Waals surface area contributed by atoms with E-state index in [9.17, 15) is 18.8 Å². The Morgan fingerprint density at radius 1 is 1.20 bits per heavy atom. The monoisotopic (exact) mass is 532 g/mol. The molecule has 1 aliphatic heterocycles. The Morgan fingerprint density at radius 2 is 2.00 bits per heavy atom. The van der Waals surface area contributed by atoms with Crippen molar-refractivity contribution in [3.8, 4) is 0 Å². The van der Waals surface area contributed by atoms with E-state index < -0.39 is 29.6 Å². The van der Waals surface area contributed by atoms with E-state index in [-0.39, 0.29) is 40.2 Å². The molecule has 178 valence electrons. The molecule has 1 aliphatic rings. The highest BCUT2D eigenvalue weighted by atomic mass is 35.5. The maximum absolute atomic E-state index is 14.1. The van der Waals surface area contributed by atoms with Crippen LogP contribution in [0.4, 0.5) is 10.2 Å². The van der Waals surface area contributed by atoms with Crippen molar-refractivity contribution in [1.29, 1.82) is 0 Å². The molecule has 0 radical (unpaired) electrons. The van der Waals surface area contributed by atoms with Crippen LogP contribution in [0.1, 0.15) is 38.4 Å². The molecule has 0 saturated heterocycles. The first-order chi connectivity index (χ1) is 16.8. The number of nitrogens with zero attached hydrogens (tertiary/aromatic N) is 3. The molecule has 0 spiro atoms. The van der Waals surface area contributed by atoms with E-state index in [4.69, 9.17) is 23.2 Å². The molecule has 0 saturated carbocycles. The number of halogens is 3. The molecule has 0 fully saturated rings. The number of fused-ring (bicyclic) bond motifs is 2. The van der Waals surface area contributed by atoms with Crippen molar-refractivity contribution < 1.29 is 18.8 Å². The number of hydrogen-bond donors (Lipinski definition) is 3. The molecule has 1 unspecified atom stereocenters. The van der Waals surface area contributed by atoms with E-state index in [1.54, 1.807) is 18.2 Å². The van der Waals surface area contributed by atoms with Gasteiger partial charge in [-0.2, -0.15) is 4.37 Å². The van der Waals surface area contributed by atoms with Crippen molar-refractivity contribution in [2.24, 2.45) is 0 Å². The number of carbonyl (C=O) groups excluding carboxylic acids is 3. The van der Waals surface area contributed by atoms with E-state index in [0.717, 1.165) is 16.2 Å². The summed E-state index contributed by atoms with van der Waals surface area (Å²) in [5, 5.41) is 9.09. The van der Waals surface area contributed by atoms with Crippen molar-refractivity contribution in [3.63, 3.8) is 0 Å². The Bertz CT molecular complexity index is 1540. The molecule has 3 N–H and O–H groups in total. The number of amides is 3. The van der Waals surface area contributed by atoms with Gasteiger partial charge in [0, 0.05) is 28.0 Å². The summed E-state index contributed by atoms with van der Waals surface area (Å²) in [6.07, 6.45) is 0. The van der Waals surface area contributed by atoms with E-state index in [1.807, 2.05) is 0 Å². The average molecular weight is 533 g/mol. The lowest BCUT2D eigenvalue weighted by Gasteiger charge is -2.28. The minimum absolute atomic E-state index is 0.00195. The van der Waals surface area contributed by atoms with E-state index in [2.05, 4.69) is 25.3 Å². The smallest absolute Gasteiger partial charge is 0.287 e. The molecule has 5 rings (SSSR count). The average Bonchev–Trinajstić information content (AvgIpc) is 3.41. The van der Waals surface area contributed by atoms with Crippen LogP contribution in [0, 0.1) is 5.82 Å². The van der Waals surface area contributed by atoms with Gasteiger partial charge in [-0.3, -0.25) is 14.4 Å². The van der Waals surface area contributed by atoms with E-state index >= 15 is 0 Å². The van der Waals surface area contributed by atoms with Crippen LogP contribution in [-0.4, -0.2) is 38.7 Å². The van der Waals surface area contributed by atoms with Crippen molar-refractivity contribution in [2.75, 3.05) is 12.4 Å². The highest BCUT2D eigenvalue weighted by molar-refractivity contribution is 7.13. The molecule has 1 atom stereocenters. The lowest BCUT2D eigenvalue weighted by molar-refractivity contribution is -0.123. The largest absolute Gasteiger partial charge is 0.352 e. The predicted octanol–water partition coefficient (Wildman–Crippen LogP) is 3.77. The number of benzene rings is 2. The van der Waals surface area contributed by atoms with Crippen molar-refractivity contribution in [1.82, 2.24) is 24.6 Å². The molecule has 13 heteroatoms. The third-order valence-corrected chi connectivity index (χ3v) is 6.87. The van der Waals surface area contributed by atoms with Crippen LogP contribution in [0.3, 0.4) is 0 Å². The van der Waals surface area contributed by atoms with Crippen LogP contribution in [0.5, 0.6) is 0 Å². The Labute approximate surface area is 211 Å². The summed E-state index contributed by atoms with van der Waals surface area (Å²) < 4.78 is 20.5. The third kappa shape index (κ3) is 4.11. The zero-order valence-corrected chi connectivity index (χ0v) is 20.2. The second kappa shape index (κ2) is 8.91. The third-order valence-electron chi connectivity index (χ3n) is 5.47. The topological polar surface area (TPSA) is 118 Å². The fraction of sp³-hybridized carbons (Fsp3) is 0.136. The first-order valence-electron chi connectivity index (χ1n) is 10.2. The van der Waals surface area contributed by atoms with Gasteiger partial charge in [-0.05, 0) is 47.9 Å². The fourth-order valence-corrected chi connectivity index (χ4v) is 5.07. The van der Waals surface area contributed by atoms with Crippen molar-refractivity contribution in [2.45, 2.75) is 12.6 Å². The van der Waals surface area contributed by atoms with Gasteiger partial charge in [-0.25, -0.2) is 9.37 Å². The van der Waals surface area contributed by atoms with Gasteiger partial charge >= 0.3 is 0 Å². The summed E-state index contributed by atoms with van der Waals surface area (Å²) in [5.41, 5.74) is 0.628. The zero-order valence-electron chi connectivity index (χ0n) is 17.9. The van der Waals surface area contributed by atoms with Gasteiger partial charge in [0.1, 0.15) is 18.1 Å². The minimum Gasteiger partial charge on any atom is -0.352 e. The second-order valence-corrected chi connectivity index (χ2v) is 9.28. The molecule has 3 heterocycles. The number of rotatable bonds is 4. The number of carbonyl (C=O) groups is 3. The maximum Gasteiger partial charge on any atom is 0.287 e. The van der Waals surface area contributed by atoms with Gasteiger partial charge in [-0.15, -0.1) is 0 Å². The van der Waals surface area contributed by atoms with Gasteiger partial charge < -0.3 is 20.5 Å². The molecular formula is C22H15Cl2FN6O3S. The summed E-state index contributed by atoms with van der Waals surface area (Å²) >= 11 is 13.5. The molecule has 2 aromatic carbocycles. The molecule has 4 aromatic rings. The molecule has 9 nitrogen and oxygen atoms in total. The highest BCUT2D eigenvalue weighted by Gasteiger charge is 2.36. The summed E-state index contributed by atoms with van der Waals surface area (Å²) in [5.74, 6) is -2.28. The first-order valence-corrected chi connectivity index (χ1v) is 11.7. The quantitative estimate of drug-likeness (QED) is 0.369. The standard InChI is InChI=1S/C22H15Cl2FN6O3S/c1-26-22(34)20-28-19(29-21(33)17-12-6-9(23)2-5-14(12)35-30-17)18-16(27-15(32)8-31(18)20)11-7-10(25)3-4-13(11)24/h2-7,16H,8H2,1H3,(H,26,34)(H,27,32)(H,29,33). The van der Waals surface area contributed by atoms with Gasteiger partial charge in [0.15, 0.2) is 5.82 Å². The van der Waals surface area contributed by atoms with Gasteiger partial charge in [0.2, 0.25) is 11.7 Å². The Balaban J connectivity index is 1.64. The zero-order chi connectivity index (χ0) is 24.9. The number of hydrogen-bond acceptors (Lipinski definition) is 6. The second-order valence-electron chi connectivity index (χ2n) is 7.63. The van der Waals surface area contributed by atoms with Gasteiger partial charge in [-0.1, -0.05) is 23.2 Å². The minimum atomic E-state index is -0.984. The molecule has 2 aromatic heterocycles. The van der Waals surface area contributed by atoms with Crippen LogP contribution in [0.2, 0.25) is 10.0 Å². The van der Waals surface area contributed by atoms with Crippen LogP contribution in [-0.2, 0) is 11.3 Å². The van der Waals surface area contributed by atoms with Crippen molar-refractivity contribution in [3.05, 3.63) is 75.0 Å². The maximum atomic E-state index is 14.1. The van der Waals surface area contributed by atoms with Crippen LogP contribution in [0.15, 0.2) is 36.4 Å². The van der Waals surface area contributed by atoms with E-state index in [0.29, 0.717) is 10.4 Å². The molecular weight excluding hydrogens is 518 g/mol. The van der Waals surface area contributed by atoms with Crippen LogP contribution >= 0.6 is 34.7 Å². The van der Waals surface area contributed by atoms with Gasteiger partial charge in [0.05, 0.1) is 16.4 Å². The van der Waals surface area contributed by atoms with Crippen molar-refractivity contribution >= 4 is 68.4 Å². The normalized spacial score (nSPS) is 15.0. The Morgan fingerprint density at radius 3 is 2.77 bits per heavy atom. The van der Waals surface area contributed by atoms with E-state index in [1.165, 1.54) is 29.8 Å². The number of nitrogens with one attached hydrogen (secondary N) is 3. The fourth-order valence-electron chi connectivity index (χ4n) is 3.92. The summed E-state index contributed by atoms with van der Waals surface area (Å²) in [6, 6.07) is 7.82. The number of aromatic nitrogens is 3. The number of imidazole rings is 1. The molecule has 0 bridgehead atoms. The van der Waals surface area contributed by atoms with Crippen LogP contribution < -0.4 is 16.0 Å². The Kier molecular flexibility index (Phi) is 5.91. The highest BCUT2D eigenvalue weighted by Crippen LogP contribution is 2.36. The first kappa shape index (κ1) is 23.2. The molecule has 0 aliphatic carbocycles. The molecule has 3 amide bonds.